The predicted octanol–water partition coefficient (Wildman–Crippen LogP) is 3.01. The number of rotatable bonds is 6. The number of nitrogens with one attached hydrogen (secondary N) is 1. The van der Waals surface area contributed by atoms with Crippen molar-refractivity contribution in [2.24, 2.45) is 11.8 Å². The number of hydrogen-bond donors (Lipinski definition) is 2. The molecule has 0 amide bonds. The Bertz CT molecular complexity index is 344. The van der Waals surface area contributed by atoms with E-state index in [2.05, 4.69) is 31.3 Å². The highest BCUT2D eigenvalue weighted by Gasteiger charge is 2.31. The summed E-state index contributed by atoms with van der Waals surface area (Å²) in [6.45, 7) is 6.95. The van der Waals surface area contributed by atoms with Gasteiger partial charge in [-0.25, -0.2) is 0 Å². The van der Waals surface area contributed by atoms with Gasteiger partial charge >= 0.3 is 0 Å². The van der Waals surface area contributed by atoms with E-state index >= 15 is 0 Å². The van der Waals surface area contributed by atoms with E-state index in [1.165, 1.54) is 24.9 Å². The zero-order valence-corrected chi connectivity index (χ0v) is 10.9. The Labute approximate surface area is 105 Å². The second-order valence-electron chi connectivity index (χ2n) is 5.53. The molecule has 3 atom stereocenters. The Hall–Kier alpha value is -1.02. The van der Waals surface area contributed by atoms with Gasteiger partial charge in [-0.3, -0.25) is 0 Å². The van der Waals surface area contributed by atoms with Gasteiger partial charge in [-0.1, -0.05) is 26.0 Å². The fraction of sp³-hybridized carbons (Fsp3) is 0.600. The molecule has 1 fully saturated rings. The van der Waals surface area contributed by atoms with Gasteiger partial charge in [0.05, 0.1) is 0 Å². The topological polar surface area (TPSA) is 38.0 Å². The van der Waals surface area contributed by atoms with Gasteiger partial charge < -0.3 is 11.1 Å². The molecule has 0 heterocycles. The first-order chi connectivity index (χ1) is 8.16. The number of benzene rings is 1. The Balaban J connectivity index is 1.66. The second kappa shape index (κ2) is 5.54. The maximum absolute atomic E-state index is 5.69. The molecule has 0 aliphatic heterocycles. The van der Waals surface area contributed by atoms with Crippen LogP contribution in [0.4, 0.5) is 5.69 Å². The molecule has 0 saturated heterocycles. The molecule has 17 heavy (non-hydrogen) atoms. The van der Waals surface area contributed by atoms with Crippen molar-refractivity contribution < 1.29 is 0 Å². The molecule has 0 aromatic heterocycles. The largest absolute Gasteiger partial charge is 0.399 e. The number of nitrogens with two attached hydrogens (primary N) is 1. The van der Waals surface area contributed by atoms with Crippen LogP contribution in [-0.4, -0.2) is 13.1 Å². The Morgan fingerprint density at radius 2 is 2.00 bits per heavy atom. The molecule has 1 aliphatic carbocycles. The first kappa shape index (κ1) is 12.4. The Kier molecular flexibility index (Phi) is 4.06. The minimum atomic E-state index is 0.611. The lowest BCUT2D eigenvalue weighted by Crippen LogP contribution is -2.20. The van der Waals surface area contributed by atoms with E-state index in [9.17, 15) is 0 Å². The maximum atomic E-state index is 5.69. The van der Waals surface area contributed by atoms with E-state index in [1.807, 2.05) is 12.1 Å². The molecule has 1 aromatic rings. The van der Waals surface area contributed by atoms with Crippen molar-refractivity contribution in [1.29, 1.82) is 0 Å². The van der Waals surface area contributed by atoms with Crippen LogP contribution in [0.15, 0.2) is 24.3 Å². The van der Waals surface area contributed by atoms with Crippen LogP contribution >= 0.6 is 0 Å². The van der Waals surface area contributed by atoms with Gasteiger partial charge in [-0.15, -0.1) is 0 Å². The van der Waals surface area contributed by atoms with Crippen molar-refractivity contribution in [2.45, 2.75) is 32.6 Å². The van der Waals surface area contributed by atoms with Crippen molar-refractivity contribution in [3.05, 3.63) is 29.8 Å². The molecule has 1 aliphatic rings. The summed E-state index contributed by atoms with van der Waals surface area (Å²) < 4.78 is 0. The van der Waals surface area contributed by atoms with Crippen LogP contribution in [-0.2, 0) is 0 Å². The minimum Gasteiger partial charge on any atom is -0.399 e. The van der Waals surface area contributed by atoms with Gasteiger partial charge in [-0.2, -0.15) is 0 Å². The highest BCUT2D eigenvalue weighted by Crippen LogP contribution is 2.36. The van der Waals surface area contributed by atoms with E-state index in [0.29, 0.717) is 5.92 Å². The summed E-state index contributed by atoms with van der Waals surface area (Å²) in [6, 6.07) is 8.27. The van der Waals surface area contributed by atoms with Crippen molar-refractivity contribution in [3.8, 4) is 0 Å². The zero-order valence-electron chi connectivity index (χ0n) is 10.9. The molecule has 2 nitrogen and oxygen atoms in total. The van der Waals surface area contributed by atoms with Crippen LogP contribution in [0.2, 0.25) is 0 Å². The van der Waals surface area contributed by atoms with Gasteiger partial charge in [-0.05, 0) is 61.4 Å². The van der Waals surface area contributed by atoms with Gasteiger partial charge in [0.2, 0.25) is 0 Å². The third-order valence-corrected chi connectivity index (χ3v) is 3.94. The lowest BCUT2D eigenvalue weighted by molar-refractivity contribution is 0.562. The summed E-state index contributed by atoms with van der Waals surface area (Å²) in [6.07, 6.45) is 2.62. The third kappa shape index (κ3) is 3.74. The highest BCUT2D eigenvalue weighted by atomic mass is 14.9. The van der Waals surface area contributed by atoms with Crippen LogP contribution in [0.3, 0.4) is 0 Å². The van der Waals surface area contributed by atoms with Crippen molar-refractivity contribution >= 4 is 5.69 Å². The molecule has 3 N–H and O–H groups in total. The van der Waals surface area contributed by atoms with Gasteiger partial charge in [0, 0.05) is 5.69 Å². The summed E-state index contributed by atoms with van der Waals surface area (Å²) in [5.41, 5.74) is 7.93. The zero-order chi connectivity index (χ0) is 12.3. The van der Waals surface area contributed by atoms with Crippen LogP contribution in [0.25, 0.3) is 0 Å². The molecule has 0 spiro atoms. The lowest BCUT2D eigenvalue weighted by Gasteiger charge is -2.12. The second-order valence-corrected chi connectivity index (χ2v) is 5.53. The highest BCUT2D eigenvalue weighted by molar-refractivity contribution is 5.40. The van der Waals surface area contributed by atoms with Crippen LogP contribution in [0.5, 0.6) is 0 Å². The van der Waals surface area contributed by atoms with Crippen LogP contribution in [0, 0.1) is 11.8 Å². The first-order valence-electron chi connectivity index (χ1n) is 6.73. The summed E-state index contributed by atoms with van der Waals surface area (Å²) in [7, 11) is 0. The molecule has 3 unspecified atom stereocenters. The molecule has 1 aromatic carbocycles. The molecule has 0 bridgehead atoms. The fourth-order valence-corrected chi connectivity index (χ4v) is 2.28. The average molecular weight is 232 g/mol. The summed E-state index contributed by atoms with van der Waals surface area (Å²) >= 11 is 0. The number of nitrogen functional groups attached to an aromatic ring is 1. The van der Waals surface area contributed by atoms with Crippen molar-refractivity contribution in [1.82, 2.24) is 5.32 Å². The third-order valence-electron chi connectivity index (χ3n) is 3.94. The first-order valence-corrected chi connectivity index (χ1v) is 6.73. The standard InChI is InChI=1S/C15H24N2/c1-11(13-3-5-15(16)6-4-13)7-8-17-10-14-9-12(14)2/h3-6,11-12,14,17H,7-10,16H2,1-2H3. The van der Waals surface area contributed by atoms with E-state index < -0.39 is 0 Å². The normalized spacial score (nSPS) is 24.6. The molecular weight excluding hydrogens is 208 g/mol. The lowest BCUT2D eigenvalue weighted by atomic mass is 9.97. The summed E-state index contributed by atoms with van der Waals surface area (Å²) in [4.78, 5) is 0. The van der Waals surface area contributed by atoms with E-state index in [1.54, 1.807) is 0 Å². The van der Waals surface area contributed by atoms with E-state index in [0.717, 1.165) is 24.1 Å². The average Bonchev–Trinajstić information content (AvgIpc) is 3.01. The summed E-state index contributed by atoms with van der Waals surface area (Å²) in [5, 5.41) is 3.57. The van der Waals surface area contributed by atoms with Crippen molar-refractivity contribution in [3.63, 3.8) is 0 Å². The molecular formula is C15H24N2. The SMILES string of the molecule is CC(CCNCC1CC1C)c1ccc(N)cc1. The van der Waals surface area contributed by atoms with Crippen LogP contribution in [0.1, 0.15) is 38.2 Å². The van der Waals surface area contributed by atoms with E-state index in [4.69, 9.17) is 5.73 Å². The minimum absolute atomic E-state index is 0.611. The monoisotopic (exact) mass is 232 g/mol. The molecule has 2 heteroatoms. The van der Waals surface area contributed by atoms with Crippen molar-refractivity contribution in [2.75, 3.05) is 18.8 Å². The molecule has 0 radical (unpaired) electrons. The predicted molar refractivity (Wildman–Crippen MR) is 74.0 cm³/mol. The fourth-order valence-electron chi connectivity index (χ4n) is 2.28. The quantitative estimate of drug-likeness (QED) is 0.584. The van der Waals surface area contributed by atoms with Crippen LogP contribution < -0.4 is 11.1 Å². The van der Waals surface area contributed by atoms with Gasteiger partial charge in [0.15, 0.2) is 0 Å². The van der Waals surface area contributed by atoms with E-state index in [-0.39, 0.29) is 0 Å². The Morgan fingerprint density at radius 3 is 2.59 bits per heavy atom. The molecule has 2 rings (SSSR count). The smallest absolute Gasteiger partial charge is 0.0314 e. The van der Waals surface area contributed by atoms with Gasteiger partial charge in [0.1, 0.15) is 0 Å². The summed E-state index contributed by atoms with van der Waals surface area (Å²) in [5.74, 6) is 2.51. The number of hydrogen-bond acceptors (Lipinski definition) is 2. The maximum Gasteiger partial charge on any atom is 0.0314 e. The molecule has 1 saturated carbocycles. The number of anilines is 1. The van der Waals surface area contributed by atoms with Gasteiger partial charge in [0.25, 0.3) is 0 Å². The molecule has 94 valence electrons. The Morgan fingerprint density at radius 1 is 1.35 bits per heavy atom.